The van der Waals surface area contributed by atoms with Crippen LogP contribution in [-0.2, 0) is 25.8 Å². The van der Waals surface area contributed by atoms with Gasteiger partial charge in [0.15, 0.2) is 0 Å². The van der Waals surface area contributed by atoms with E-state index in [1.807, 2.05) is 0 Å². The fourth-order valence-corrected chi connectivity index (χ4v) is 3.73. The summed E-state index contributed by atoms with van der Waals surface area (Å²) < 4.78 is 2.57. The number of aromatic nitrogens is 1. The molecule has 0 saturated carbocycles. The molecule has 88 valence electrons. The average molecular weight is 226 g/mol. The van der Waals surface area contributed by atoms with Crippen LogP contribution in [0.15, 0.2) is 12.1 Å². The molecule has 2 heteroatoms. The highest BCUT2D eigenvalue weighted by Gasteiger charge is 2.24. The van der Waals surface area contributed by atoms with Crippen molar-refractivity contribution < 1.29 is 0 Å². The summed E-state index contributed by atoms with van der Waals surface area (Å²) in [5.41, 5.74) is 13.2. The van der Waals surface area contributed by atoms with E-state index in [1.54, 1.807) is 11.3 Å². The first-order chi connectivity index (χ1) is 8.34. The van der Waals surface area contributed by atoms with E-state index < -0.39 is 0 Å². The van der Waals surface area contributed by atoms with Gasteiger partial charge in [-0.2, -0.15) is 0 Å². The van der Waals surface area contributed by atoms with Gasteiger partial charge in [-0.25, -0.2) is 0 Å². The SMILES string of the molecule is Nc1cc2c3c(c1)c1c(n3CC2)CCCCC1. The quantitative estimate of drug-likeness (QED) is 0.543. The van der Waals surface area contributed by atoms with Crippen LogP contribution in [0.3, 0.4) is 0 Å². The Labute approximate surface area is 101 Å². The first kappa shape index (κ1) is 9.58. The summed E-state index contributed by atoms with van der Waals surface area (Å²) in [5.74, 6) is 0. The standard InChI is InChI=1S/C15H18N2/c16-11-8-10-6-7-17-14-5-3-1-2-4-12(14)13(9-11)15(10)17/h8-9H,1-7,16H2. The zero-order chi connectivity index (χ0) is 11.4. The minimum Gasteiger partial charge on any atom is -0.399 e. The molecule has 2 heterocycles. The maximum atomic E-state index is 6.05. The van der Waals surface area contributed by atoms with Crippen LogP contribution in [0, 0.1) is 0 Å². The van der Waals surface area contributed by atoms with Crippen LogP contribution < -0.4 is 5.73 Å². The Kier molecular flexibility index (Phi) is 1.85. The third-order valence-electron chi connectivity index (χ3n) is 4.43. The number of fused-ring (bicyclic) bond motifs is 3. The summed E-state index contributed by atoms with van der Waals surface area (Å²) in [4.78, 5) is 0. The highest BCUT2D eigenvalue weighted by Crippen LogP contribution is 2.38. The molecule has 1 aliphatic carbocycles. The van der Waals surface area contributed by atoms with Gasteiger partial charge in [0.1, 0.15) is 0 Å². The Morgan fingerprint density at radius 3 is 2.82 bits per heavy atom. The molecule has 2 aliphatic rings. The Bertz CT molecular complexity index is 607. The van der Waals surface area contributed by atoms with E-state index in [1.165, 1.54) is 61.5 Å². The van der Waals surface area contributed by atoms with Crippen LogP contribution in [0.25, 0.3) is 10.9 Å². The molecular weight excluding hydrogens is 208 g/mol. The molecule has 2 aromatic rings. The lowest BCUT2D eigenvalue weighted by Crippen LogP contribution is -2.00. The van der Waals surface area contributed by atoms with Gasteiger partial charge in [0, 0.05) is 23.3 Å². The molecule has 0 atom stereocenters. The third kappa shape index (κ3) is 1.21. The topological polar surface area (TPSA) is 30.9 Å². The average Bonchev–Trinajstić information content (AvgIpc) is 2.74. The molecule has 0 fully saturated rings. The second-order valence-corrected chi connectivity index (χ2v) is 5.46. The molecule has 1 aromatic carbocycles. The summed E-state index contributed by atoms with van der Waals surface area (Å²) in [6.07, 6.45) is 7.77. The molecule has 0 unspecified atom stereocenters. The predicted molar refractivity (Wildman–Crippen MR) is 71.3 cm³/mol. The van der Waals surface area contributed by atoms with Crippen molar-refractivity contribution in [2.75, 3.05) is 5.73 Å². The summed E-state index contributed by atoms with van der Waals surface area (Å²) >= 11 is 0. The molecular formula is C15H18N2. The zero-order valence-corrected chi connectivity index (χ0v) is 10.1. The van der Waals surface area contributed by atoms with E-state index in [-0.39, 0.29) is 0 Å². The molecule has 4 rings (SSSR count). The Hall–Kier alpha value is -1.44. The Balaban J connectivity index is 2.10. The van der Waals surface area contributed by atoms with Gasteiger partial charge >= 0.3 is 0 Å². The summed E-state index contributed by atoms with van der Waals surface area (Å²) in [7, 11) is 0. The van der Waals surface area contributed by atoms with Crippen molar-refractivity contribution >= 4 is 16.6 Å². The number of nitrogens with two attached hydrogens (primary N) is 1. The lowest BCUT2D eigenvalue weighted by atomic mass is 10.0. The van der Waals surface area contributed by atoms with Crippen molar-refractivity contribution in [3.8, 4) is 0 Å². The number of anilines is 1. The number of benzene rings is 1. The lowest BCUT2D eigenvalue weighted by Gasteiger charge is -2.05. The van der Waals surface area contributed by atoms with Gasteiger partial charge in [-0.15, -0.1) is 0 Å². The minimum atomic E-state index is 0.943. The van der Waals surface area contributed by atoms with Crippen molar-refractivity contribution in [1.82, 2.24) is 4.57 Å². The van der Waals surface area contributed by atoms with Crippen molar-refractivity contribution in [2.45, 2.75) is 45.1 Å². The van der Waals surface area contributed by atoms with Gasteiger partial charge in [0.2, 0.25) is 0 Å². The van der Waals surface area contributed by atoms with Crippen LogP contribution in [0.5, 0.6) is 0 Å². The summed E-state index contributed by atoms with van der Waals surface area (Å²) in [5, 5.41) is 1.45. The van der Waals surface area contributed by atoms with Gasteiger partial charge in [-0.05, 0) is 55.4 Å². The second kappa shape index (κ2) is 3.28. The van der Waals surface area contributed by atoms with E-state index in [9.17, 15) is 0 Å². The fourth-order valence-electron chi connectivity index (χ4n) is 3.73. The van der Waals surface area contributed by atoms with E-state index >= 15 is 0 Å². The molecule has 1 aromatic heterocycles. The van der Waals surface area contributed by atoms with Crippen molar-refractivity contribution in [3.63, 3.8) is 0 Å². The van der Waals surface area contributed by atoms with Crippen LogP contribution >= 0.6 is 0 Å². The van der Waals surface area contributed by atoms with E-state index in [0.29, 0.717) is 0 Å². The molecule has 0 bridgehead atoms. The fraction of sp³-hybridized carbons (Fsp3) is 0.467. The second-order valence-electron chi connectivity index (χ2n) is 5.46. The smallest absolute Gasteiger partial charge is 0.0520 e. The van der Waals surface area contributed by atoms with Crippen molar-refractivity contribution in [1.29, 1.82) is 0 Å². The molecule has 0 radical (unpaired) electrons. The maximum Gasteiger partial charge on any atom is 0.0520 e. The number of nitrogens with zero attached hydrogens (tertiary/aromatic N) is 1. The maximum absolute atomic E-state index is 6.05. The number of hydrogen-bond acceptors (Lipinski definition) is 1. The Morgan fingerprint density at radius 2 is 1.88 bits per heavy atom. The van der Waals surface area contributed by atoms with Crippen molar-refractivity contribution in [2.24, 2.45) is 0 Å². The first-order valence-corrected chi connectivity index (χ1v) is 6.77. The first-order valence-electron chi connectivity index (χ1n) is 6.77. The molecule has 0 saturated heterocycles. The highest BCUT2D eigenvalue weighted by atomic mass is 15.0. The van der Waals surface area contributed by atoms with Crippen LogP contribution in [0.2, 0.25) is 0 Å². The zero-order valence-electron chi connectivity index (χ0n) is 10.1. The monoisotopic (exact) mass is 226 g/mol. The molecule has 2 nitrogen and oxygen atoms in total. The molecule has 17 heavy (non-hydrogen) atoms. The van der Waals surface area contributed by atoms with E-state index in [0.717, 1.165) is 5.69 Å². The number of hydrogen-bond donors (Lipinski definition) is 1. The van der Waals surface area contributed by atoms with Crippen molar-refractivity contribution in [3.05, 3.63) is 29.0 Å². The molecule has 1 aliphatic heterocycles. The Morgan fingerprint density at radius 1 is 1.00 bits per heavy atom. The third-order valence-corrected chi connectivity index (χ3v) is 4.43. The molecule has 0 amide bonds. The van der Waals surface area contributed by atoms with Gasteiger partial charge in [-0.3, -0.25) is 0 Å². The van der Waals surface area contributed by atoms with Gasteiger partial charge in [0.05, 0.1) is 5.52 Å². The number of rotatable bonds is 0. The van der Waals surface area contributed by atoms with Gasteiger partial charge in [-0.1, -0.05) is 6.42 Å². The largest absolute Gasteiger partial charge is 0.399 e. The number of aryl methyl sites for hydroxylation is 3. The lowest BCUT2D eigenvalue weighted by molar-refractivity contribution is 0.676. The predicted octanol–water partition coefficient (Wildman–Crippen LogP) is 3.05. The summed E-state index contributed by atoms with van der Waals surface area (Å²) in [6, 6.07) is 4.37. The van der Waals surface area contributed by atoms with E-state index in [4.69, 9.17) is 5.73 Å². The van der Waals surface area contributed by atoms with Crippen LogP contribution in [-0.4, -0.2) is 4.57 Å². The van der Waals surface area contributed by atoms with Crippen LogP contribution in [0.1, 0.15) is 36.1 Å². The van der Waals surface area contributed by atoms with Gasteiger partial charge < -0.3 is 10.3 Å². The molecule has 0 spiro atoms. The van der Waals surface area contributed by atoms with E-state index in [2.05, 4.69) is 16.7 Å². The summed E-state index contributed by atoms with van der Waals surface area (Å²) in [6.45, 7) is 1.17. The normalized spacial score (nSPS) is 18.4. The van der Waals surface area contributed by atoms with Crippen LogP contribution in [0.4, 0.5) is 5.69 Å². The van der Waals surface area contributed by atoms with Gasteiger partial charge in [0.25, 0.3) is 0 Å². The molecule has 2 N–H and O–H groups in total. The minimum absolute atomic E-state index is 0.943. The number of nitrogen functional groups attached to an aromatic ring is 1. The highest BCUT2D eigenvalue weighted by molar-refractivity contribution is 5.92.